The summed E-state index contributed by atoms with van der Waals surface area (Å²) in [6.07, 6.45) is -3.54. The third-order valence-corrected chi connectivity index (χ3v) is 4.10. The highest BCUT2D eigenvalue weighted by Gasteiger charge is 2.50. The van der Waals surface area contributed by atoms with Crippen LogP contribution in [0.4, 0.5) is 13.6 Å². The van der Waals surface area contributed by atoms with Gasteiger partial charge in [0.25, 0.3) is 5.91 Å². The number of rotatable bonds is 8. The van der Waals surface area contributed by atoms with Crippen molar-refractivity contribution in [1.82, 2.24) is 10.6 Å². The normalized spacial score (nSPS) is 13.3. The van der Waals surface area contributed by atoms with Gasteiger partial charge in [0.2, 0.25) is 0 Å². The maximum Gasteiger partial charge on any atom is 0.407 e. The molecule has 2 aromatic rings. The second-order valence-corrected chi connectivity index (χ2v) is 6.15. The molecule has 2 atom stereocenters. The van der Waals surface area contributed by atoms with E-state index in [0.717, 1.165) is 7.05 Å². The largest absolute Gasteiger partial charge is 0.445 e. The van der Waals surface area contributed by atoms with Gasteiger partial charge in [-0.3, -0.25) is 4.79 Å². The van der Waals surface area contributed by atoms with E-state index in [1.165, 1.54) is 0 Å². The summed E-state index contributed by atoms with van der Waals surface area (Å²) in [7, 11) is 1.04. The van der Waals surface area contributed by atoms with Gasteiger partial charge >= 0.3 is 12.0 Å². The first-order valence-corrected chi connectivity index (χ1v) is 8.63. The van der Waals surface area contributed by atoms with Crippen molar-refractivity contribution in [2.24, 2.45) is 0 Å². The van der Waals surface area contributed by atoms with Gasteiger partial charge in [0.1, 0.15) is 12.7 Å². The predicted octanol–water partition coefficient (Wildman–Crippen LogP) is 2.27. The molecule has 2 unspecified atom stereocenters. The monoisotopic (exact) mass is 392 g/mol. The van der Waals surface area contributed by atoms with Crippen LogP contribution in [0.5, 0.6) is 0 Å². The molecule has 0 saturated heterocycles. The highest BCUT2D eigenvalue weighted by molar-refractivity contribution is 5.84. The summed E-state index contributed by atoms with van der Waals surface area (Å²) in [5, 5.41) is 14.2. The molecule has 0 aromatic heterocycles. The Morgan fingerprint density at radius 3 is 2.11 bits per heavy atom. The van der Waals surface area contributed by atoms with Crippen LogP contribution in [-0.4, -0.2) is 42.2 Å². The predicted molar refractivity (Wildman–Crippen MR) is 98.7 cm³/mol. The SMILES string of the molecule is CNC(=O)C(F)(F)C(O)C(Cc1ccccc1)NC(=O)OCc1ccccc1. The van der Waals surface area contributed by atoms with Gasteiger partial charge in [-0.2, -0.15) is 8.78 Å². The number of halogens is 2. The number of aliphatic hydroxyl groups is 1. The van der Waals surface area contributed by atoms with E-state index in [0.29, 0.717) is 11.1 Å². The van der Waals surface area contributed by atoms with Crippen LogP contribution in [0.3, 0.4) is 0 Å². The number of aliphatic hydroxyl groups excluding tert-OH is 1. The molecule has 0 spiro atoms. The zero-order chi connectivity index (χ0) is 20.6. The maximum absolute atomic E-state index is 14.2. The molecule has 0 fully saturated rings. The van der Waals surface area contributed by atoms with Crippen LogP contribution in [-0.2, 0) is 22.6 Å². The van der Waals surface area contributed by atoms with E-state index >= 15 is 0 Å². The van der Waals surface area contributed by atoms with Gasteiger partial charge in [-0.1, -0.05) is 60.7 Å². The van der Waals surface area contributed by atoms with Gasteiger partial charge in [0.15, 0.2) is 0 Å². The number of amides is 2. The highest BCUT2D eigenvalue weighted by Crippen LogP contribution is 2.23. The Kier molecular flexibility index (Phi) is 7.45. The molecule has 0 aliphatic heterocycles. The lowest BCUT2D eigenvalue weighted by Gasteiger charge is -2.29. The second-order valence-electron chi connectivity index (χ2n) is 6.15. The first kappa shape index (κ1) is 21.3. The average Bonchev–Trinajstić information content (AvgIpc) is 2.72. The van der Waals surface area contributed by atoms with Crippen molar-refractivity contribution >= 4 is 12.0 Å². The quantitative estimate of drug-likeness (QED) is 0.643. The number of nitrogens with one attached hydrogen (secondary N) is 2. The summed E-state index contributed by atoms with van der Waals surface area (Å²) >= 11 is 0. The van der Waals surface area contributed by atoms with E-state index < -0.39 is 30.1 Å². The van der Waals surface area contributed by atoms with E-state index in [9.17, 15) is 23.5 Å². The van der Waals surface area contributed by atoms with E-state index in [-0.39, 0.29) is 13.0 Å². The summed E-state index contributed by atoms with van der Waals surface area (Å²) in [5.74, 6) is -5.74. The van der Waals surface area contributed by atoms with Crippen LogP contribution >= 0.6 is 0 Å². The average molecular weight is 392 g/mol. The van der Waals surface area contributed by atoms with Gasteiger partial charge in [-0.25, -0.2) is 4.79 Å². The zero-order valence-corrected chi connectivity index (χ0v) is 15.3. The smallest absolute Gasteiger partial charge is 0.407 e. The Hall–Kier alpha value is -3.00. The Labute approximate surface area is 161 Å². The highest BCUT2D eigenvalue weighted by atomic mass is 19.3. The first-order chi connectivity index (χ1) is 13.3. The van der Waals surface area contributed by atoms with Crippen LogP contribution < -0.4 is 10.6 Å². The molecule has 0 aliphatic carbocycles. The minimum atomic E-state index is -4.10. The number of carbonyl (C=O) groups excluding carboxylic acids is 2. The summed E-state index contributed by atoms with van der Waals surface area (Å²) < 4.78 is 33.5. The molecular weight excluding hydrogens is 370 g/mol. The molecule has 150 valence electrons. The lowest BCUT2D eigenvalue weighted by atomic mass is 9.97. The number of alkyl halides is 2. The van der Waals surface area contributed by atoms with Crippen molar-refractivity contribution in [1.29, 1.82) is 0 Å². The van der Waals surface area contributed by atoms with Crippen LogP contribution in [0, 0.1) is 0 Å². The molecule has 2 amide bonds. The number of benzene rings is 2. The van der Waals surface area contributed by atoms with Crippen molar-refractivity contribution in [2.45, 2.75) is 31.1 Å². The molecule has 0 bridgehead atoms. The molecule has 0 radical (unpaired) electrons. The molecule has 8 heteroatoms. The standard InChI is InChI=1S/C20H22F2N2O4/c1-23-18(26)20(21,22)17(25)16(12-14-8-4-2-5-9-14)24-19(27)28-13-15-10-6-3-7-11-15/h2-11,16-17,25H,12-13H2,1H3,(H,23,26)(H,24,27). The van der Waals surface area contributed by atoms with Crippen LogP contribution in [0.25, 0.3) is 0 Å². The number of hydrogen-bond donors (Lipinski definition) is 3. The number of alkyl carbamates (subject to hydrolysis) is 1. The summed E-state index contributed by atoms with van der Waals surface area (Å²) in [6, 6.07) is 15.8. The van der Waals surface area contributed by atoms with Gasteiger partial charge in [0, 0.05) is 7.05 Å². The van der Waals surface area contributed by atoms with E-state index in [1.807, 2.05) is 5.32 Å². The summed E-state index contributed by atoms with van der Waals surface area (Å²) in [4.78, 5) is 23.6. The van der Waals surface area contributed by atoms with Crippen molar-refractivity contribution in [2.75, 3.05) is 7.05 Å². The first-order valence-electron chi connectivity index (χ1n) is 8.63. The molecular formula is C20H22F2N2O4. The van der Waals surface area contributed by atoms with Crippen molar-refractivity contribution in [3.05, 3.63) is 71.8 Å². The minimum absolute atomic E-state index is 0.0628. The Balaban J connectivity index is 2.10. The molecule has 2 aromatic carbocycles. The zero-order valence-electron chi connectivity index (χ0n) is 15.3. The third kappa shape index (κ3) is 5.75. The van der Waals surface area contributed by atoms with Gasteiger partial charge in [0.05, 0.1) is 6.04 Å². The molecule has 2 rings (SSSR count). The van der Waals surface area contributed by atoms with Crippen LogP contribution in [0.2, 0.25) is 0 Å². The van der Waals surface area contributed by atoms with Crippen LogP contribution in [0.1, 0.15) is 11.1 Å². The second kappa shape index (κ2) is 9.80. The Morgan fingerprint density at radius 2 is 1.57 bits per heavy atom. The van der Waals surface area contributed by atoms with Crippen molar-refractivity contribution < 1.29 is 28.2 Å². The molecule has 0 heterocycles. The molecule has 0 saturated carbocycles. The molecule has 6 nitrogen and oxygen atoms in total. The molecule has 3 N–H and O–H groups in total. The van der Waals surface area contributed by atoms with E-state index in [4.69, 9.17) is 4.74 Å². The third-order valence-electron chi connectivity index (χ3n) is 4.10. The summed E-state index contributed by atoms with van der Waals surface area (Å²) in [6.45, 7) is -0.0628. The van der Waals surface area contributed by atoms with E-state index in [1.54, 1.807) is 60.7 Å². The van der Waals surface area contributed by atoms with Gasteiger partial charge in [-0.05, 0) is 17.5 Å². The number of hydrogen-bond acceptors (Lipinski definition) is 4. The minimum Gasteiger partial charge on any atom is -0.445 e. The molecule has 0 aliphatic rings. The van der Waals surface area contributed by atoms with E-state index in [2.05, 4.69) is 5.32 Å². The van der Waals surface area contributed by atoms with Gasteiger partial charge < -0.3 is 20.5 Å². The lowest BCUT2D eigenvalue weighted by Crippen LogP contribution is -2.57. The fraction of sp³-hybridized carbons (Fsp3) is 0.300. The topological polar surface area (TPSA) is 87.7 Å². The summed E-state index contributed by atoms with van der Waals surface area (Å²) in [5.41, 5.74) is 1.32. The fourth-order valence-corrected chi connectivity index (χ4v) is 2.58. The van der Waals surface area contributed by atoms with Crippen molar-refractivity contribution in [3.63, 3.8) is 0 Å². The maximum atomic E-state index is 14.2. The number of carbonyl (C=O) groups is 2. The van der Waals surface area contributed by atoms with Crippen molar-refractivity contribution in [3.8, 4) is 0 Å². The van der Waals surface area contributed by atoms with Gasteiger partial charge in [-0.15, -0.1) is 0 Å². The van der Waals surface area contributed by atoms with Crippen LogP contribution in [0.15, 0.2) is 60.7 Å². The lowest BCUT2D eigenvalue weighted by molar-refractivity contribution is -0.166. The molecule has 28 heavy (non-hydrogen) atoms. The fourth-order valence-electron chi connectivity index (χ4n) is 2.58. The Bertz CT molecular complexity index is 772. The Morgan fingerprint density at radius 1 is 1.04 bits per heavy atom. The number of ether oxygens (including phenoxy) is 1.